The van der Waals surface area contributed by atoms with Gasteiger partial charge >= 0.3 is 6.36 Å². The van der Waals surface area contributed by atoms with Gasteiger partial charge in [-0.15, -0.1) is 30.9 Å². The molecule has 0 bridgehead atoms. The Morgan fingerprint density at radius 3 is 2.66 bits per heavy atom. The molecule has 3 N–H and O–H groups in total. The average molecular weight is 423 g/mol. The number of hydrogen-bond donors (Lipinski definition) is 3. The number of thiol groups is 1. The molecule has 2 aromatic rings. The summed E-state index contributed by atoms with van der Waals surface area (Å²) in [6, 6.07) is 5.08. The first-order valence-corrected chi connectivity index (χ1v) is 8.77. The molecule has 1 aliphatic rings. The van der Waals surface area contributed by atoms with Crippen molar-refractivity contribution in [3.8, 4) is 11.4 Å². The Labute approximate surface area is 169 Å². The molecule has 0 saturated carbocycles. The van der Waals surface area contributed by atoms with E-state index in [-0.39, 0.29) is 22.7 Å². The Kier molecular flexibility index (Phi) is 5.97. The second kappa shape index (κ2) is 8.43. The van der Waals surface area contributed by atoms with Crippen molar-refractivity contribution < 1.29 is 22.7 Å². The van der Waals surface area contributed by atoms with Crippen molar-refractivity contribution in [3.05, 3.63) is 65.8 Å². The first-order valence-electron chi connectivity index (χ1n) is 8.33. The fraction of sp³-hybridized carbons (Fsp3) is 0.167. The molecule has 0 saturated heterocycles. The minimum atomic E-state index is -4.74. The van der Waals surface area contributed by atoms with E-state index in [2.05, 4.69) is 32.8 Å². The van der Waals surface area contributed by atoms with E-state index in [4.69, 9.17) is 5.73 Å². The monoisotopic (exact) mass is 423 g/mol. The van der Waals surface area contributed by atoms with Crippen LogP contribution in [0.2, 0.25) is 0 Å². The molecule has 152 valence electrons. The highest BCUT2D eigenvalue weighted by Crippen LogP contribution is 2.24. The second-order valence-electron chi connectivity index (χ2n) is 5.99. The summed E-state index contributed by atoms with van der Waals surface area (Å²) in [7, 11) is 0. The summed E-state index contributed by atoms with van der Waals surface area (Å²) in [5.41, 5.74) is 6.63. The van der Waals surface area contributed by atoms with Crippen LogP contribution in [0.4, 0.5) is 13.2 Å². The van der Waals surface area contributed by atoms with Gasteiger partial charge in [-0.2, -0.15) is 0 Å². The topological polar surface area (TPSA) is 95.1 Å². The van der Waals surface area contributed by atoms with Crippen LogP contribution in [0.1, 0.15) is 12.2 Å². The van der Waals surface area contributed by atoms with E-state index in [1.807, 2.05) is 6.08 Å². The van der Waals surface area contributed by atoms with E-state index < -0.39 is 6.36 Å². The molecule has 1 heterocycles. The van der Waals surface area contributed by atoms with Crippen molar-refractivity contribution in [3.63, 3.8) is 0 Å². The highest BCUT2D eigenvalue weighted by atomic mass is 32.1. The number of aromatic nitrogens is 3. The number of alkyl halides is 3. The zero-order valence-corrected chi connectivity index (χ0v) is 15.7. The predicted molar refractivity (Wildman–Crippen MR) is 103 cm³/mol. The number of allylic oxidation sites excluding steroid dienone is 2. The van der Waals surface area contributed by atoms with Crippen LogP contribution in [-0.4, -0.2) is 33.1 Å². The summed E-state index contributed by atoms with van der Waals surface area (Å²) in [6.45, 7) is 0. The Hall–Kier alpha value is -3.21. The van der Waals surface area contributed by atoms with E-state index in [1.165, 1.54) is 41.4 Å². The maximum atomic E-state index is 12.2. The molecule has 0 radical (unpaired) electrons. The fourth-order valence-electron chi connectivity index (χ4n) is 2.57. The number of benzene rings is 1. The highest BCUT2D eigenvalue weighted by molar-refractivity contribution is 7.84. The van der Waals surface area contributed by atoms with Crippen molar-refractivity contribution in [2.75, 3.05) is 0 Å². The molecule has 3 rings (SSSR count). The third-order valence-corrected chi connectivity index (χ3v) is 3.92. The number of ether oxygens (including phenoxy) is 1. The fourth-order valence-corrected chi connectivity index (χ4v) is 2.69. The van der Waals surface area contributed by atoms with E-state index in [0.717, 1.165) is 5.57 Å². The molecular formula is C18H16F3N5O2S. The summed E-state index contributed by atoms with van der Waals surface area (Å²) in [6.07, 6.45) is 3.90. The number of halogens is 3. The van der Waals surface area contributed by atoms with Gasteiger partial charge < -0.3 is 15.8 Å². The average Bonchev–Trinajstić information content (AvgIpc) is 3.11. The van der Waals surface area contributed by atoms with Gasteiger partial charge in [-0.25, -0.2) is 9.67 Å². The number of carbonyl (C=O) groups excluding carboxylic acids is 1. The molecule has 7 nitrogen and oxygen atoms in total. The molecule has 1 aromatic heterocycles. The molecule has 1 unspecified atom stereocenters. The standard InChI is InChI=1S/C18H16F3N5O2S/c19-18(20,21)28-14-7-5-13(6-8-14)26-10-23-17(25-26)11-1-3-12(4-2-11)24-16(27)9-15(22)29/h1-3,5-10,12,29H,4,22H2,(H,24,27)/b15-9-. The van der Waals surface area contributed by atoms with Crippen molar-refractivity contribution in [1.82, 2.24) is 20.1 Å². The summed E-state index contributed by atoms with van der Waals surface area (Å²) >= 11 is 3.85. The quantitative estimate of drug-likeness (QED) is 0.508. The molecular weight excluding hydrogens is 407 g/mol. The summed E-state index contributed by atoms with van der Waals surface area (Å²) < 4.78 is 42.0. The van der Waals surface area contributed by atoms with Crippen LogP contribution in [0.15, 0.2) is 59.9 Å². The van der Waals surface area contributed by atoms with Gasteiger partial charge in [0.15, 0.2) is 5.82 Å². The van der Waals surface area contributed by atoms with Crippen LogP contribution in [0.25, 0.3) is 11.3 Å². The predicted octanol–water partition coefficient (Wildman–Crippen LogP) is 2.72. The molecule has 29 heavy (non-hydrogen) atoms. The van der Waals surface area contributed by atoms with Gasteiger partial charge in [0.05, 0.1) is 16.8 Å². The lowest BCUT2D eigenvalue weighted by atomic mass is 10.0. The minimum absolute atomic E-state index is 0.117. The number of hydrogen-bond acceptors (Lipinski definition) is 6. The van der Waals surface area contributed by atoms with Crippen LogP contribution in [-0.2, 0) is 4.79 Å². The van der Waals surface area contributed by atoms with Gasteiger partial charge in [-0.05, 0) is 30.7 Å². The number of nitrogens with one attached hydrogen (secondary N) is 1. The first-order chi connectivity index (χ1) is 13.7. The van der Waals surface area contributed by atoms with Gasteiger partial charge in [-0.1, -0.05) is 18.2 Å². The number of rotatable bonds is 5. The number of amides is 1. The molecule has 11 heteroatoms. The van der Waals surface area contributed by atoms with Crippen molar-refractivity contribution in [2.24, 2.45) is 5.73 Å². The normalized spacial score (nSPS) is 17.0. The molecule has 1 atom stereocenters. The molecule has 0 spiro atoms. The van der Waals surface area contributed by atoms with Crippen molar-refractivity contribution >= 4 is 24.1 Å². The third-order valence-electron chi connectivity index (χ3n) is 3.79. The van der Waals surface area contributed by atoms with Crippen LogP contribution in [0.5, 0.6) is 5.75 Å². The zero-order valence-electron chi connectivity index (χ0n) is 14.8. The molecule has 0 fully saturated rings. The third kappa shape index (κ3) is 5.88. The SMILES string of the molecule is N/C(S)=C/C(=O)NC1C=CC(c2ncn(-c3ccc(OC(F)(F)F)cc3)n2)=CC1. The van der Waals surface area contributed by atoms with Gasteiger partial charge in [0.25, 0.3) is 0 Å². The first kappa shape index (κ1) is 20.5. The van der Waals surface area contributed by atoms with Gasteiger partial charge in [0.2, 0.25) is 5.91 Å². The van der Waals surface area contributed by atoms with Crippen LogP contribution in [0.3, 0.4) is 0 Å². The smallest absolute Gasteiger partial charge is 0.406 e. The Balaban J connectivity index is 1.64. The minimum Gasteiger partial charge on any atom is -0.406 e. The number of carbonyl (C=O) groups is 1. The molecule has 1 aromatic carbocycles. The molecule has 1 amide bonds. The maximum Gasteiger partial charge on any atom is 0.573 e. The van der Waals surface area contributed by atoms with E-state index in [0.29, 0.717) is 17.9 Å². The van der Waals surface area contributed by atoms with Gasteiger partial charge in [0, 0.05) is 11.6 Å². The van der Waals surface area contributed by atoms with Crippen molar-refractivity contribution in [2.45, 2.75) is 18.8 Å². The Morgan fingerprint density at radius 1 is 1.34 bits per heavy atom. The lowest BCUT2D eigenvalue weighted by Crippen LogP contribution is -2.32. The second-order valence-corrected chi connectivity index (χ2v) is 6.51. The van der Waals surface area contributed by atoms with Gasteiger partial charge in [0.1, 0.15) is 12.1 Å². The lowest BCUT2D eigenvalue weighted by Gasteiger charge is -2.16. The number of nitrogens with two attached hydrogens (primary N) is 1. The van der Waals surface area contributed by atoms with Crippen molar-refractivity contribution in [1.29, 1.82) is 0 Å². The lowest BCUT2D eigenvalue weighted by molar-refractivity contribution is -0.274. The maximum absolute atomic E-state index is 12.2. The van der Waals surface area contributed by atoms with E-state index >= 15 is 0 Å². The number of nitrogens with zero attached hydrogens (tertiary/aromatic N) is 3. The zero-order chi connectivity index (χ0) is 21.0. The van der Waals surface area contributed by atoms with Crippen LogP contribution < -0.4 is 15.8 Å². The van der Waals surface area contributed by atoms with E-state index in [9.17, 15) is 18.0 Å². The van der Waals surface area contributed by atoms with Crippen LogP contribution >= 0.6 is 12.6 Å². The summed E-state index contributed by atoms with van der Waals surface area (Å²) in [4.78, 5) is 15.9. The van der Waals surface area contributed by atoms with E-state index in [1.54, 1.807) is 12.2 Å². The molecule has 0 aliphatic heterocycles. The Morgan fingerprint density at radius 2 is 2.07 bits per heavy atom. The van der Waals surface area contributed by atoms with Crippen LogP contribution in [0, 0.1) is 0 Å². The van der Waals surface area contributed by atoms with Gasteiger partial charge in [-0.3, -0.25) is 4.79 Å². The summed E-state index contributed by atoms with van der Waals surface area (Å²) in [5.74, 6) is -0.215. The Bertz CT molecular complexity index is 976. The largest absolute Gasteiger partial charge is 0.573 e. The summed E-state index contributed by atoms with van der Waals surface area (Å²) in [5, 5.41) is 7.21. The molecule has 1 aliphatic carbocycles. The highest BCUT2D eigenvalue weighted by Gasteiger charge is 2.31.